The van der Waals surface area contributed by atoms with Crippen LogP contribution in [0.4, 0.5) is 0 Å². The lowest BCUT2D eigenvalue weighted by Crippen LogP contribution is -2.51. The smallest absolute Gasteiger partial charge is 0.237 e. The molecule has 0 aliphatic rings. The Balaban J connectivity index is 2.31. The Bertz CT molecular complexity index is 293. The van der Waals surface area contributed by atoms with Crippen molar-refractivity contribution in [2.24, 2.45) is 5.73 Å². The fourth-order valence-corrected chi connectivity index (χ4v) is 1.75. The minimum Gasteiger partial charge on any atom is -0.368 e. The molecule has 0 spiro atoms. The number of primary amides is 1. The van der Waals surface area contributed by atoms with Crippen molar-refractivity contribution >= 4 is 17.2 Å². The third kappa shape index (κ3) is 3.12. The van der Waals surface area contributed by atoms with Crippen molar-refractivity contribution in [1.29, 1.82) is 0 Å². The first-order valence-electron chi connectivity index (χ1n) is 4.60. The average Bonchev–Trinajstić information content (AvgIpc) is 2.56. The quantitative estimate of drug-likeness (QED) is 0.769. The lowest BCUT2D eigenvalue weighted by molar-refractivity contribution is -0.123. The van der Waals surface area contributed by atoms with Gasteiger partial charge < -0.3 is 11.1 Å². The molecule has 14 heavy (non-hydrogen) atoms. The second-order valence-corrected chi connectivity index (χ2v) is 4.78. The van der Waals surface area contributed by atoms with Gasteiger partial charge in [0.1, 0.15) is 0 Å². The van der Waals surface area contributed by atoms with E-state index >= 15 is 0 Å². The Labute approximate surface area is 88.3 Å². The van der Waals surface area contributed by atoms with E-state index in [0.717, 1.165) is 13.0 Å². The number of amides is 1. The van der Waals surface area contributed by atoms with Crippen molar-refractivity contribution in [3.8, 4) is 0 Å². The molecule has 0 radical (unpaired) electrons. The van der Waals surface area contributed by atoms with E-state index in [1.165, 1.54) is 4.88 Å². The zero-order valence-electron chi connectivity index (χ0n) is 8.54. The van der Waals surface area contributed by atoms with E-state index in [9.17, 15) is 4.79 Å². The molecule has 3 N–H and O–H groups in total. The molecule has 0 saturated heterocycles. The minimum absolute atomic E-state index is 0.316. The molecule has 1 amide bonds. The number of carbonyl (C=O) groups excluding carboxylic acids is 1. The lowest BCUT2D eigenvalue weighted by atomic mass is 10.1. The zero-order valence-corrected chi connectivity index (χ0v) is 9.36. The second-order valence-electron chi connectivity index (χ2n) is 3.75. The predicted octanol–water partition coefficient (Wildman–Crippen LogP) is 1.14. The summed E-state index contributed by atoms with van der Waals surface area (Å²) < 4.78 is 0. The van der Waals surface area contributed by atoms with E-state index in [2.05, 4.69) is 16.8 Å². The van der Waals surface area contributed by atoms with Crippen LogP contribution in [0, 0.1) is 0 Å². The highest BCUT2D eigenvalue weighted by atomic mass is 32.1. The third-order valence-electron chi connectivity index (χ3n) is 2.13. The molecule has 0 atom stereocenters. The van der Waals surface area contributed by atoms with Crippen LogP contribution < -0.4 is 11.1 Å². The number of rotatable bonds is 5. The highest BCUT2D eigenvalue weighted by molar-refractivity contribution is 7.09. The Morgan fingerprint density at radius 3 is 2.86 bits per heavy atom. The largest absolute Gasteiger partial charge is 0.368 e. The number of hydrogen-bond acceptors (Lipinski definition) is 3. The van der Waals surface area contributed by atoms with Gasteiger partial charge in [0.05, 0.1) is 5.54 Å². The Hall–Kier alpha value is -0.870. The first kappa shape index (κ1) is 11.2. The summed E-state index contributed by atoms with van der Waals surface area (Å²) in [4.78, 5) is 12.3. The summed E-state index contributed by atoms with van der Waals surface area (Å²) in [6.45, 7) is 4.37. The maximum Gasteiger partial charge on any atom is 0.237 e. The van der Waals surface area contributed by atoms with Gasteiger partial charge in [-0.1, -0.05) is 6.07 Å². The topological polar surface area (TPSA) is 55.1 Å². The van der Waals surface area contributed by atoms with Gasteiger partial charge in [0.2, 0.25) is 5.91 Å². The van der Waals surface area contributed by atoms with Crippen LogP contribution in [-0.2, 0) is 11.2 Å². The molecule has 78 valence electrons. The van der Waals surface area contributed by atoms with Crippen LogP contribution in [0.3, 0.4) is 0 Å². The van der Waals surface area contributed by atoms with Crippen molar-refractivity contribution < 1.29 is 4.79 Å². The molecule has 0 unspecified atom stereocenters. The third-order valence-corrected chi connectivity index (χ3v) is 3.07. The normalized spacial score (nSPS) is 11.6. The monoisotopic (exact) mass is 212 g/mol. The van der Waals surface area contributed by atoms with Gasteiger partial charge >= 0.3 is 0 Å². The summed E-state index contributed by atoms with van der Waals surface area (Å²) in [6, 6.07) is 4.11. The molecule has 1 heterocycles. The maximum absolute atomic E-state index is 11.0. The highest BCUT2D eigenvalue weighted by Gasteiger charge is 2.23. The summed E-state index contributed by atoms with van der Waals surface area (Å²) in [5, 5.41) is 5.18. The molecule has 1 aromatic heterocycles. The van der Waals surface area contributed by atoms with E-state index in [1.807, 2.05) is 6.07 Å². The summed E-state index contributed by atoms with van der Waals surface area (Å²) in [5.41, 5.74) is 4.62. The highest BCUT2D eigenvalue weighted by Crippen LogP contribution is 2.09. The van der Waals surface area contributed by atoms with Gasteiger partial charge in [0.15, 0.2) is 0 Å². The van der Waals surface area contributed by atoms with Gasteiger partial charge in [-0.25, -0.2) is 0 Å². The maximum atomic E-state index is 11.0. The van der Waals surface area contributed by atoms with Crippen molar-refractivity contribution in [2.45, 2.75) is 25.8 Å². The average molecular weight is 212 g/mol. The Kier molecular flexibility index (Phi) is 3.66. The Morgan fingerprint density at radius 1 is 1.64 bits per heavy atom. The van der Waals surface area contributed by atoms with E-state index in [4.69, 9.17) is 5.73 Å². The molecule has 0 aliphatic carbocycles. The van der Waals surface area contributed by atoms with Crippen molar-refractivity contribution in [3.63, 3.8) is 0 Å². The van der Waals surface area contributed by atoms with Crippen LogP contribution in [-0.4, -0.2) is 18.0 Å². The van der Waals surface area contributed by atoms with Crippen molar-refractivity contribution in [3.05, 3.63) is 22.4 Å². The van der Waals surface area contributed by atoms with E-state index in [-0.39, 0.29) is 5.91 Å². The van der Waals surface area contributed by atoms with Gasteiger partial charge in [-0.3, -0.25) is 4.79 Å². The molecule has 4 heteroatoms. The number of carbonyl (C=O) groups is 1. The molecule has 0 saturated carbocycles. The second kappa shape index (κ2) is 4.57. The van der Waals surface area contributed by atoms with Crippen LogP contribution in [0.25, 0.3) is 0 Å². The molecular weight excluding hydrogens is 196 g/mol. The standard InChI is InChI=1S/C10H16N2OS/c1-10(2,9(11)13)12-6-5-8-4-3-7-14-8/h3-4,7,12H,5-6H2,1-2H3,(H2,11,13). The van der Waals surface area contributed by atoms with Crippen LogP contribution in [0.5, 0.6) is 0 Å². The van der Waals surface area contributed by atoms with E-state index < -0.39 is 5.54 Å². The van der Waals surface area contributed by atoms with Crippen LogP contribution in [0.1, 0.15) is 18.7 Å². The summed E-state index contributed by atoms with van der Waals surface area (Å²) in [6.07, 6.45) is 0.939. The lowest BCUT2D eigenvalue weighted by Gasteiger charge is -2.21. The zero-order chi connectivity index (χ0) is 10.6. The Morgan fingerprint density at radius 2 is 2.36 bits per heavy atom. The molecule has 1 rings (SSSR count). The van der Waals surface area contributed by atoms with E-state index in [0.29, 0.717) is 0 Å². The summed E-state index contributed by atoms with van der Waals surface area (Å²) >= 11 is 1.73. The number of thiophene rings is 1. The van der Waals surface area contributed by atoms with Crippen LogP contribution in [0.2, 0.25) is 0 Å². The minimum atomic E-state index is -0.614. The fourth-order valence-electron chi connectivity index (χ4n) is 1.04. The SMILES string of the molecule is CC(C)(NCCc1cccs1)C(N)=O. The van der Waals surface area contributed by atoms with Crippen molar-refractivity contribution in [1.82, 2.24) is 5.32 Å². The van der Waals surface area contributed by atoms with Gasteiger partial charge in [0.25, 0.3) is 0 Å². The fraction of sp³-hybridized carbons (Fsp3) is 0.500. The number of nitrogens with one attached hydrogen (secondary N) is 1. The predicted molar refractivity (Wildman–Crippen MR) is 59.3 cm³/mol. The molecule has 0 fully saturated rings. The van der Waals surface area contributed by atoms with Gasteiger partial charge in [-0.2, -0.15) is 0 Å². The van der Waals surface area contributed by atoms with Crippen molar-refractivity contribution in [2.75, 3.05) is 6.54 Å². The number of hydrogen-bond donors (Lipinski definition) is 2. The van der Waals surface area contributed by atoms with E-state index in [1.54, 1.807) is 25.2 Å². The molecule has 0 aliphatic heterocycles. The number of nitrogens with two attached hydrogens (primary N) is 1. The molecule has 0 bridgehead atoms. The van der Waals surface area contributed by atoms with Gasteiger partial charge in [0, 0.05) is 11.4 Å². The summed E-state index contributed by atoms with van der Waals surface area (Å²) in [7, 11) is 0. The first-order valence-corrected chi connectivity index (χ1v) is 5.47. The van der Waals surface area contributed by atoms with Crippen LogP contribution >= 0.6 is 11.3 Å². The molecular formula is C10H16N2OS. The van der Waals surface area contributed by atoms with Gasteiger partial charge in [-0.15, -0.1) is 11.3 Å². The van der Waals surface area contributed by atoms with Crippen LogP contribution in [0.15, 0.2) is 17.5 Å². The molecule has 3 nitrogen and oxygen atoms in total. The van der Waals surface area contributed by atoms with Gasteiger partial charge in [-0.05, 0) is 31.7 Å². The molecule has 1 aromatic rings. The summed E-state index contributed by atoms with van der Waals surface area (Å²) in [5.74, 6) is -0.316. The first-order chi connectivity index (χ1) is 6.52. The molecule has 0 aromatic carbocycles.